The molecular weight excluding hydrogens is 396 g/mol. The Morgan fingerprint density at radius 2 is 1.96 bits per heavy atom. The molecule has 0 saturated carbocycles. The Morgan fingerprint density at radius 1 is 1.11 bits per heavy atom. The van der Waals surface area contributed by atoms with Gasteiger partial charge in [-0.15, -0.1) is 0 Å². The third-order valence-electron chi connectivity index (χ3n) is 4.23. The average Bonchev–Trinajstić information content (AvgIpc) is 3.08. The Morgan fingerprint density at radius 3 is 2.78 bits per heavy atom. The van der Waals surface area contributed by atoms with Gasteiger partial charge in [0, 0.05) is 33.6 Å². The third-order valence-corrected chi connectivity index (χ3v) is 6.02. The first-order valence-electron chi connectivity index (χ1n) is 9.13. The van der Waals surface area contributed by atoms with E-state index in [0.717, 1.165) is 54.5 Å². The molecule has 0 saturated heterocycles. The Kier molecular flexibility index (Phi) is 8.27. The summed E-state index contributed by atoms with van der Waals surface area (Å²) in [6.07, 6.45) is 7.39. The van der Waals surface area contributed by atoms with E-state index in [0.29, 0.717) is 0 Å². The van der Waals surface area contributed by atoms with Gasteiger partial charge >= 0.3 is 0 Å². The number of halogens is 1. The zero-order valence-corrected chi connectivity index (χ0v) is 17.9. The van der Waals surface area contributed by atoms with Crippen molar-refractivity contribution in [1.82, 2.24) is 9.71 Å². The predicted octanol–water partition coefficient (Wildman–Crippen LogP) is 6.18. The van der Waals surface area contributed by atoms with Crippen LogP contribution in [0.25, 0.3) is 10.9 Å². The molecule has 0 aliphatic rings. The lowest BCUT2D eigenvalue weighted by atomic mass is 10.1. The summed E-state index contributed by atoms with van der Waals surface area (Å²) in [6, 6.07) is 14.3. The first-order chi connectivity index (χ1) is 13.3. The quantitative estimate of drug-likeness (QED) is 0.286. The average molecular weight is 421 g/mol. The summed E-state index contributed by atoms with van der Waals surface area (Å²) in [5.74, 6) is 2.09. The summed E-state index contributed by atoms with van der Waals surface area (Å²) in [7, 11) is 0. The Hall–Kier alpha value is -1.27. The van der Waals surface area contributed by atoms with Gasteiger partial charge in [0.25, 0.3) is 0 Å². The molecule has 0 aliphatic heterocycles. The van der Waals surface area contributed by atoms with Crippen LogP contribution in [0.1, 0.15) is 18.4 Å². The second-order valence-electron chi connectivity index (χ2n) is 6.27. The van der Waals surface area contributed by atoms with Crippen LogP contribution >= 0.6 is 35.3 Å². The van der Waals surface area contributed by atoms with Gasteiger partial charge in [-0.05, 0) is 91.2 Å². The van der Waals surface area contributed by atoms with Crippen molar-refractivity contribution >= 4 is 46.2 Å². The zero-order valence-electron chi connectivity index (χ0n) is 15.5. The third kappa shape index (κ3) is 6.39. The molecule has 3 rings (SSSR count). The summed E-state index contributed by atoms with van der Waals surface area (Å²) in [4.78, 5) is 4.51. The van der Waals surface area contributed by atoms with Crippen LogP contribution in [0.3, 0.4) is 0 Å². The number of aryl methyl sites for hydroxylation is 1. The van der Waals surface area contributed by atoms with Gasteiger partial charge < -0.3 is 9.72 Å². The van der Waals surface area contributed by atoms with Crippen LogP contribution in [0, 0.1) is 0 Å². The van der Waals surface area contributed by atoms with Gasteiger partial charge in [0.2, 0.25) is 0 Å². The minimum atomic E-state index is 0.782. The van der Waals surface area contributed by atoms with Gasteiger partial charge in [-0.2, -0.15) is 11.8 Å². The van der Waals surface area contributed by atoms with Crippen molar-refractivity contribution in [3.63, 3.8) is 0 Å². The molecule has 3 nitrogen and oxygen atoms in total. The fourth-order valence-corrected chi connectivity index (χ4v) is 4.10. The van der Waals surface area contributed by atoms with Gasteiger partial charge in [-0.3, -0.25) is 4.72 Å². The number of rotatable bonds is 11. The van der Waals surface area contributed by atoms with E-state index in [2.05, 4.69) is 34.3 Å². The minimum absolute atomic E-state index is 0.782. The molecule has 1 heterocycles. The molecule has 0 fully saturated rings. The molecular formula is C21H25ClN2OS2. The van der Waals surface area contributed by atoms with Crippen molar-refractivity contribution in [2.75, 3.05) is 25.2 Å². The molecule has 27 heavy (non-hydrogen) atoms. The molecule has 0 aliphatic carbocycles. The van der Waals surface area contributed by atoms with E-state index in [1.807, 2.05) is 42.1 Å². The van der Waals surface area contributed by atoms with E-state index in [1.54, 1.807) is 11.9 Å². The maximum absolute atomic E-state index is 6.11. The molecule has 144 valence electrons. The molecule has 0 bridgehead atoms. The van der Waals surface area contributed by atoms with Crippen molar-refractivity contribution < 1.29 is 4.74 Å². The molecule has 0 radical (unpaired) electrons. The molecule has 0 amide bonds. The van der Waals surface area contributed by atoms with Crippen molar-refractivity contribution in [2.45, 2.75) is 24.2 Å². The number of nitrogens with one attached hydrogen (secondary N) is 2. The number of hydrogen-bond donors (Lipinski definition) is 2. The lowest BCUT2D eigenvalue weighted by Gasteiger charge is -2.07. The lowest BCUT2D eigenvalue weighted by molar-refractivity contribution is 0.318. The molecule has 1 aromatic heterocycles. The highest BCUT2D eigenvalue weighted by Gasteiger charge is 2.04. The first-order valence-corrected chi connectivity index (χ1v) is 11.7. The number of hydrogen-bond acceptors (Lipinski definition) is 4. The summed E-state index contributed by atoms with van der Waals surface area (Å²) in [5, 5.41) is 2.01. The van der Waals surface area contributed by atoms with Crippen LogP contribution < -0.4 is 9.46 Å². The molecule has 0 spiro atoms. The number of fused-ring (bicyclic) bond motifs is 1. The largest absolute Gasteiger partial charge is 0.494 e. The molecule has 3 aromatic rings. The molecule has 2 aromatic carbocycles. The van der Waals surface area contributed by atoms with E-state index >= 15 is 0 Å². The van der Waals surface area contributed by atoms with Crippen LogP contribution in [0.5, 0.6) is 5.75 Å². The fourth-order valence-electron chi connectivity index (χ4n) is 2.84. The van der Waals surface area contributed by atoms with Crippen LogP contribution in [-0.2, 0) is 6.42 Å². The Balaban J connectivity index is 1.36. The topological polar surface area (TPSA) is 37.0 Å². The highest BCUT2D eigenvalue weighted by Crippen LogP contribution is 2.23. The van der Waals surface area contributed by atoms with Gasteiger partial charge in [-0.25, -0.2) is 0 Å². The van der Waals surface area contributed by atoms with Crippen LogP contribution in [0.4, 0.5) is 0 Å². The minimum Gasteiger partial charge on any atom is -0.494 e. The second-order valence-corrected chi connectivity index (χ2v) is 8.66. The first kappa shape index (κ1) is 20.5. The lowest BCUT2D eigenvalue weighted by Crippen LogP contribution is -2.06. The molecule has 2 N–H and O–H groups in total. The zero-order chi connectivity index (χ0) is 18.9. The number of benzene rings is 2. The van der Waals surface area contributed by atoms with E-state index in [4.69, 9.17) is 16.3 Å². The van der Waals surface area contributed by atoms with Gasteiger partial charge in [0.05, 0.1) is 6.61 Å². The van der Waals surface area contributed by atoms with E-state index < -0.39 is 0 Å². The van der Waals surface area contributed by atoms with E-state index in [9.17, 15) is 0 Å². The molecule has 0 unspecified atom stereocenters. The molecule has 6 heteroatoms. The Bertz CT molecular complexity index is 836. The predicted molar refractivity (Wildman–Crippen MR) is 120 cm³/mol. The highest BCUT2D eigenvalue weighted by atomic mass is 35.5. The summed E-state index contributed by atoms with van der Waals surface area (Å²) in [6.45, 7) is 1.73. The van der Waals surface area contributed by atoms with Gasteiger partial charge in [-0.1, -0.05) is 11.6 Å². The normalized spacial score (nSPS) is 11.2. The van der Waals surface area contributed by atoms with Crippen LogP contribution in [0.2, 0.25) is 5.02 Å². The number of thioether (sulfide) groups is 1. The van der Waals surface area contributed by atoms with E-state index in [1.165, 1.54) is 15.8 Å². The van der Waals surface area contributed by atoms with Gasteiger partial charge in [0.15, 0.2) is 0 Å². The van der Waals surface area contributed by atoms with Crippen LogP contribution in [0.15, 0.2) is 53.6 Å². The van der Waals surface area contributed by atoms with Crippen molar-refractivity contribution in [2.24, 2.45) is 0 Å². The SMILES string of the molecule is CSCCCOc1ccc(SNCCCc2c[nH]c3ccc(Cl)cc23)cc1. The maximum Gasteiger partial charge on any atom is 0.119 e. The smallest absolute Gasteiger partial charge is 0.119 e. The number of ether oxygens (including phenoxy) is 1. The number of aromatic amines is 1. The van der Waals surface area contributed by atoms with Gasteiger partial charge in [0.1, 0.15) is 5.75 Å². The van der Waals surface area contributed by atoms with Crippen molar-refractivity contribution in [3.05, 3.63) is 59.2 Å². The van der Waals surface area contributed by atoms with Crippen LogP contribution in [-0.4, -0.2) is 30.1 Å². The number of aromatic nitrogens is 1. The Labute approximate surface area is 174 Å². The number of H-pyrrole nitrogens is 1. The highest BCUT2D eigenvalue weighted by molar-refractivity contribution is 7.98. The summed E-state index contributed by atoms with van der Waals surface area (Å²) >= 11 is 9.63. The fraction of sp³-hybridized carbons (Fsp3) is 0.333. The summed E-state index contributed by atoms with van der Waals surface area (Å²) in [5.41, 5.74) is 2.47. The standard InChI is InChI=1S/C21H25ClN2OS2/c1-26-13-3-12-25-18-6-8-19(9-7-18)27-24-11-2-4-16-15-23-21-10-5-17(22)14-20(16)21/h5-10,14-15,23-24H,2-4,11-13H2,1H3. The monoisotopic (exact) mass is 420 g/mol. The summed E-state index contributed by atoms with van der Waals surface area (Å²) < 4.78 is 9.18. The maximum atomic E-state index is 6.11. The van der Waals surface area contributed by atoms with Crippen molar-refractivity contribution in [3.8, 4) is 5.75 Å². The molecule has 0 atom stereocenters. The van der Waals surface area contributed by atoms with E-state index in [-0.39, 0.29) is 0 Å². The van der Waals surface area contributed by atoms with Crippen molar-refractivity contribution in [1.29, 1.82) is 0 Å². The second kappa shape index (κ2) is 10.9.